The molecule has 0 radical (unpaired) electrons. The van der Waals surface area contributed by atoms with Crippen LogP contribution in [0.15, 0.2) is 12.2 Å². The molecule has 3 fully saturated rings. The van der Waals surface area contributed by atoms with E-state index in [1.54, 1.807) is 0 Å². The van der Waals surface area contributed by atoms with Crippen molar-refractivity contribution in [2.75, 3.05) is 0 Å². The first-order valence-electron chi connectivity index (χ1n) is 11.0. The summed E-state index contributed by atoms with van der Waals surface area (Å²) in [6.07, 6.45) is 13.4. The van der Waals surface area contributed by atoms with Crippen molar-refractivity contribution >= 4 is 5.78 Å². The summed E-state index contributed by atoms with van der Waals surface area (Å²) in [7, 11) is 0. The van der Waals surface area contributed by atoms with Gasteiger partial charge < -0.3 is 0 Å². The molecular formula is C24H38O. The van der Waals surface area contributed by atoms with E-state index < -0.39 is 0 Å². The van der Waals surface area contributed by atoms with Gasteiger partial charge in [0.05, 0.1) is 0 Å². The van der Waals surface area contributed by atoms with Gasteiger partial charge >= 0.3 is 0 Å². The quantitative estimate of drug-likeness (QED) is 0.577. The van der Waals surface area contributed by atoms with Gasteiger partial charge in [-0.3, -0.25) is 4.79 Å². The maximum Gasteiger partial charge on any atom is 0.155 e. The Morgan fingerprint density at radius 3 is 2.68 bits per heavy atom. The second-order valence-electron chi connectivity index (χ2n) is 10.7. The van der Waals surface area contributed by atoms with Crippen LogP contribution in [0.4, 0.5) is 0 Å². The molecular weight excluding hydrogens is 304 g/mol. The lowest BCUT2D eigenvalue weighted by atomic mass is 9.43. The summed E-state index contributed by atoms with van der Waals surface area (Å²) in [4.78, 5) is 12.0. The topological polar surface area (TPSA) is 17.1 Å². The fourth-order valence-electron chi connectivity index (χ4n) is 8.28. The minimum absolute atomic E-state index is 0.279. The molecule has 1 nitrogen and oxygen atoms in total. The minimum atomic E-state index is 0.279. The number of allylic oxidation sites excluding steroid dienone is 2. The molecule has 0 N–H and O–H groups in total. The molecule has 0 aromatic heterocycles. The monoisotopic (exact) mass is 342 g/mol. The molecule has 9 atom stereocenters. The van der Waals surface area contributed by atoms with Crippen LogP contribution in [-0.2, 0) is 4.79 Å². The summed E-state index contributed by atoms with van der Waals surface area (Å²) in [6.45, 7) is 12.5. The van der Waals surface area contributed by atoms with Crippen LogP contribution in [0.25, 0.3) is 0 Å². The van der Waals surface area contributed by atoms with Crippen molar-refractivity contribution in [3.63, 3.8) is 0 Å². The fourth-order valence-corrected chi connectivity index (χ4v) is 8.28. The van der Waals surface area contributed by atoms with Crippen LogP contribution in [0.2, 0.25) is 0 Å². The van der Waals surface area contributed by atoms with Crippen LogP contribution < -0.4 is 0 Å². The van der Waals surface area contributed by atoms with Gasteiger partial charge in [-0.15, -0.1) is 0 Å². The Labute approximate surface area is 155 Å². The van der Waals surface area contributed by atoms with E-state index in [1.807, 2.05) is 6.08 Å². The average Bonchev–Trinajstić information content (AvgIpc) is 2.93. The summed E-state index contributed by atoms with van der Waals surface area (Å²) < 4.78 is 0. The van der Waals surface area contributed by atoms with E-state index >= 15 is 0 Å². The molecule has 0 amide bonds. The minimum Gasteiger partial charge on any atom is -0.295 e. The standard InChI is InChI=1S/C24H38O/c1-6-15(2)19-7-8-20-22-16(3)13-17-14-18(25)9-11-23(17,4)21(22)10-12-24(19,20)5/h9,11,15-17,19-22H,6-8,10,12-14H2,1-5H3/t15?,16?,17-,19?,20?,21?,22?,23-,24+/m0/s1. The average molecular weight is 343 g/mol. The third kappa shape index (κ3) is 2.43. The highest BCUT2D eigenvalue weighted by atomic mass is 16.1. The molecule has 0 aromatic carbocycles. The fraction of sp³-hybridized carbons (Fsp3) is 0.875. The highest BCUT2D eigenvalue weighted by Crippen LogP contribution is 2.68. The summed E-state index contributed by atoms with van der Waals surface area (Å²) in [5, 5.41) is 0. The SMILES string of the molecule is CCC(C)C1CCC2C3C(C)C[C@H]4CC(=O)C=C[C@]4(C)C3CC[C@]12C. The Hall–Kier alpha value is -0.590. The molecule has 4 aliphatic carbocycles. The maximum absolute atomic E-state index is 12.0. The molecule has 0 saturated heterocycles. The van der Waals surface area contributed by atoms with Crippen molar-refractivity contribution < 1.29 is 4.79 Å². The Balaban J connectivity index is 1.68. The van der Waals surface area contributed by atoms with Crippen LogP contribution in [0, 0.1) is 52.3 Å². The molecule has 4 rings (SSSR count). The van der Waals surface area contributed by atoms with Gasteiger partial charge in [-0.1, -0.05) is 47.1 Å². The van der Waals surface area contributed by atoms with Crippen molar-refractivity contribution in [1.29, 1.82) is 0 Å². The Morgan fingerprint density at radius 2 is 1.96 bits per heavy atom. The lowest BCUT2D eigenvalue weighted by Gasteiger charge is -2.61. The van der Waals surface area contributed by atoms with E-state index in [0.717, 1.165) is 41.9 Å². The van der Waals surface area contributed by atoms with E-state index in [4.69, 9.17) is 0 Å². The van der Waals surface area contributed by atoms with Crippen LogP contribution >= 0.6 is 0 Å². The number of carbonyl (C=O) groups excluding carboxylic acids is 1. The molecule has 6 unspecified atom stereocenters. The summed E-state index contributed by atoms with van der Waals surface area (Å²) in [5.74, 6) is 6.17. The predicted octanol–water partition coefficient (Wildman–Crippen LogP) is 6.28. The van der Waals surface area contributed by atoms with E-state index in [1.165, 1.54) is 38.5 Å². The van der Waals surface area contributed by atoms with Crippen LogP contribution in [0.3, 0.4) is 0 Å². The highest BCUT2D eigenvalue weighted by molar-refractivity contribution is 5.91. The zero-order valence-electron chi connectivity index (χ0n) is 17.1. The van der Waals surface area contributed by atoms with Gasteiger partial charge in [-0.25, -0.2) is 0 Å². The molecule has 25 heavy (non-hydrogen) atoms. The second kappa shape index (κ2) is 5.96. The van der Waals surface area contributed by atoms with Crippen molar-refractivity contribution in [2.24, 2.45) is 52.3 Å². The van der Waals surface area contributed by atoms with Crippen molar-refractivity contribution in [2.45, 2.75) is 79.6 Å². The molecule has 0 aromatic rings. The van der Waals surface area contributed by atoms with Crippen molar-refractivity contribution in [3.05, 3.63) is 12.2 Å². The summed E-state index contributed by atoms with van der Waals surface area (Å²) in [6, 6.07) is 0. The van der Waals surface area contributed by atoms with Gasteiger partial charge in [0.15, 0.2) is 5.78 Å². The Bertz CT molecular complexity index is 577. The summed E-state index contributed by atoms with van der Waals surface area (Å²) in [5.41, 5.74) is 0.850. The van der Waals surface area contributed by atoms with Crippen LogP contribution in [0.1, 0.15) is 79.6 Å². The Morgan fingerprint density at radius 1 is 1.20 bits per heavy atom. The first-order chi connectivity index (χ1) is 11.8. The molecule has 1 heteroatoms. The van der Waals surface area contributed by atoms with Crippen LogP contribution in [-0.4, -0.2) is 5.78 Å². The van der Waals surface area contributed by atoms with Gasteiger partial charge in [0, 0.05) is 6.42 Å². The predicted molar refractivity (Wildman–Crippen MR) is 104 cm³/mol. The smallest absolute Gasteiger partial charge is 0.155 e. The lowest BCUT2D eigenvalue weighted by molar-refractivity contribution is -0.129. The molecule has 3 saturated carbocycles. The Kier molecular flexibility index (Phi) is 4.25. The third-order valence-electron chi connectivity index (χ3n) is 9.80. The lowest BCUT2D eigenvalue weighted by Crippen LogP contribution is -2.55. The largest absolute Gasteiger partial charge is 0.295 e. The highest BCUT2D eigenvalue weighted by Gasteiger charge is 2.61. The van der Waals surface area contributed by atoms with Gasteiger partial charge in [0.25, 0.3) is 0 Å². The van der Waals surface area contributed by atoms with E-state index in [9.17, 15) is 4.79 Å². The van der Waals surface area contributed by atoms with E-state index in [-0.39, 0.29) is 5.41 Å². The van der Waals surface area contributed by atoms with Gasteiger partial charge in [-0.05, 0) is 90.4 Å². The molecule has 140 valence electrons. The number of ketones is 1. The summed E-state index contributed by atoms with van der Waals surface area (Å²) >= 11 is 0. The third-order valence-corrected chi connectivity index (χ3v) is 9.80. The van der Waals surface area contributed by atoms with E-state index in [2.05, 4.69) is 40.7 Å². The first-order valence-corrected chi connectivity index (χ1v) is 11.0. The molecule has 0 spiro atoms. The number of hydrogen-bond donors (Lipinski definition) is 0. The zero-order valence-corrected chi connectivity index (χ0v) is 17.1. The number of hydrogen-bond acceptors (Lipinski definition) is 1. The van der Waals surface area contributed by atoms with Gasteiger partial charge in [0.2, 0.25) is 0 Å². The number of carbonyl (C=O) groups is 1. The van der Waals surface area contributed by atoms with Crippen molar-refractivity contribution in [1.82, 2.24) is 0 Å². The molecule has 0 aliphatic heterocycles. The van der Waals surface area contributed by atoms with Crippen molar-refractivity contribution in [3.8, 4) is 0 Å². The van der Waals surface area contributed by atoms with E-state index in [0.29, 0.717) is 17.1 Å². The molecule has 4 aliphatic rings. The number of fused-ring (bicyclic) bond motifs is 5. The van der Waals surface area contributed by atoms with Gasteiger partial charge in [0.1, 0.15) is 0 Å². The first kappa shape index (κ1) is 17.8. The van der Waals surface area contributed by atoms with Gasteiger partial charge in [-0.2, -0.15) is 0 Å². The second-order valence-corrected chi connectivity index (χ2v) is 10.7. The normalized spacial score (nSPS) is 53.1. The maximum atomic E-state index is 12.0. The molecule has 0 heterocycles. The zero-order chi connectivity index (χ0) is 18.0. The van der Waals surface area contributed by atoms with Crippen LogP contribution in [0.5, 0.6) is 0 Å². The molecule has 0 bridgehead atoms. The number of rotatable bonds is 2.